The van der Waals surface area contributed by atoms with Crippen LogP contribution < -0.4 is 0 Å². The summed E-state index contributed by atoms with van der Waals surface area (Å²) >= 11 is 1.44. The van der Waals surface area contributed by atoms with E-state index in [4.69, 9.17) is 5.11 Å². The average molecular weight is 227 g/mol. The molecule has 1 heterocycles. The van der Waals surface area contributed by atoms with Crippen LogP contribution in [0.25, 0.3) is 0 Å². The number of hydrogen-bond donors (Lipinski definition) is 1. The third-order valence-electron chi connectivity index (χ3n) is 1.79. The molecule has 0 bridgehead atoms. The molecule has 0 radical (unpaired) electrons. The first kappa shape index (κ1) is 12.0. The van der Waals surface area contributed by atoms with Crippen LogP contribution in [0.5, 0.6) is 0 Å². The SMILES string of the molecule is COC(=O)CCSc1ncccc1CO. The molecule has 0 fully saturated rings. The summed E-state index contributed by atoms with van der Waals surface area (Å²) in [5.41, 5.74) is 0.785. The minimum atomic E-state index is -0.232. The fraction of sp³-hybridized carbons (Fsp3) is 0.400. The number of rotatable bonds is 5. The molecule has 15 heavy (non-hydrogen) atoms. The van der Waals surface area contributed by atoms with E-state index in [9.17, 15) is 4.79 Å². The fourth-order valence-corrected chi connectivity index (χ4v) is 1.92. The Hall–Kier alpha value is -1.07. The van der Waals surface area contributed by atoms with E-state index in [0.29, 0.717) is 12.2 Å². The zero-order chi connectivity index (χ0) is 11.1. The summed E-state index contributed by atoms with van der Waals surface area (Å²) in [7, 11) is 1.37. The molecule has 0 aliphatic heterocycles. The summed E-state index contributed by atoms with van der Waals surface area (Å²) in [6.07, 6.45) is 2.02. The summed E-state index contributed by atoms with van der Waals surface area (Å²) in [5.74, 6) is 0.375. The number of hydrogen-bond acceptors (Lipinski definition) is 5. The summed E-state index contributed by atoms with van der Waals surface area (Å²) in [6.45, 7) is -0.0333. The summed E-state index contributed by atoms with van der Waals surface area (Å²) in [6, 6.07) is 3.59. The van der Waals surface area contributed by atoms with Crippen molar-refractivity contribution in [3.8, 4) is 0 Å². The van der Waals surface area contributed by atoms with E-state index in [1.165, 1.54) is 18.9 Å². The molecule has 1 aromatic heterocycles. The first-order valence-electron chi connectivity index (χ1n) is 4.52. The minimum absolute atomic E-state index is 0.0333. The first-order chi connectivity index (χ1) is 7.27. The van der Waals surface area contributed by atoms with Crippen molar-refractivity contribution in [1.29, 1.82) is 0 Å². The van der Waals surface area contributed by atoms with Crippen LogP contribution in [0.15, 0.2) is 23.4 Å². The highest BCUT2D eigenvalue weighted by atomic mass is 32.2. The van der Waals surface area contributed by atoms with Gasteiger partial charge in [-0.2, -0.15) is 0 Å². The number of ether oxygens (including phenoxy) is 1. The Kier molecular flexibility index (Phi) is 5.14. The zero-order valence-electron chi connectivity index (χ0n) is 8.47. The van der Waals surface area contributed by atoms with E-state index in [2.05, 4.69) is 9.72 Å². The molecule has 0 aliphatic carbocycles. The molecule has 0 saturated carbocycles. The van der Waals surface area contributed by atoms with Gasteiger partial charge >= 0.3 is 5.97 Å². The lowest BCUT2D eigenvalue weighted by Gasteiger charge is -2.04. The van der Waals surface area contributed by atoms with E-state index < -0.39 is 0 Å². The van der Waals surface area contributed by atoms with Crippen molar-refractivity contribution >= 4 is 17.7 Å². The van der Waals surface area contributed by atoms with Gasteiger partial charge in [0.25, 0.3) is 0 Å². The standard InChI is InChI=1S/C10H13NO3S/c1-14-9(13)4-6-15-10-8(7-12)3-2-5-11-10/h2-3,5,12H,4,6-7H2,1H3. The molecule has 4 nitrogen and oxygen atoms in total. The molecule has 1 aromatic rings. The van der Waals surface area contributed by atoms with Crippen LogP contribution in [0.1, 0.15) is 12.0 Å². The minimum Gasteiger partial charge on any atom is -0.469 e. The average Bonchev–Trinajstić information content (AvgIpc) is 2.29. The molecule has 0 unspecified atom stereocenters. The molecule has 0 aromatic carbocycles. The number of aliphatic hydroxyl groups excluding tert-OH is 1. The Labute approximate surface area is 92.7 Å². The van der Waals surface area contributed by atoms with E-state index in [-0.39, 0.29) is 12.6 Å². The number of carbonyl (C=O) groups is 1. The van der Waals surface area contributed by atoms with Gasteiger partial charge in [0.05, 0.1) is 20.1 Å². The van der Waals surface area contributed by atoms with Gasteiger partial charge in [-0.3, -0.25) is 4.79 Å². The lowest BCUT2D eigenvalue weighted by molar-refractivity contribution is -0.140. The van der Waals surface area contributed by atoms with Gasteiger partial charge in [-0.05, 0) is 6.07 Å². The van der Waals surface area contributed by atoms with Gasteiger partial charge in [-0.1, -0.05) is 6.07 Å². The van der Waals surface area contributed by atoms with Crippen LogP contribution in [0, 0.1) is 0 Å². The monoisotopic (exact) mass is 227 g/mol. The predicted octanol–water partition coefficient (Wildman–Crippen LogP) is 1.23. The number of aliphatic hydroxyl groups is 1. The molecule has 1 N–H and O–H groups in total. The predicted molar refractivity (Wildman–Crippen MR) is 57.5 cm³/mol. The van der Waals surface area contributed by atoms with Crippen LogP contribution in [0.2, 0.25) is 0 Å². The van der Waals surface area contributed by atoms with Crippen LogP contribution >= 0.6 is 11.8 Å². The molecule has 0 atom stereocenters. The number of methoxy groups -OCH3 is 1. The summed E-state index contributed by atoms with van der Waals surface area (Å²) in [5, 5.41) is 9.80. The molecule has 0 spiro atoms. The van der Waals surface area contributed by atoms with Crippen LogP contribution in [0.4, 0.5) is 0 Å². The Morgan fingerprint density at radius 2 is 2.47 bits per heavy atom. The highest BCUT2D eigenvalue weighted by Crippen LogP contribution is 2.20. The number of esters is 1. The maximum atomic E-state index is 10.9. The van der Waals surface area contributed by atoms with Crippen molar-refractivity contribution in [3.05, 3.63) is 23.9 Å². The normalized spacial score (nSPS) is 10.0. The lowest BCUT2D eigenvalue weighted by atomic mass is 10.3. The second kappa shape index (κ2) is 6.42. The van der Waals surface area contributed by atoms with E-state index in [1.54, 1.807) is 12.3 Å². The van der Waals surface area contributed by atoms with Gasteiger partial charge < -0.3 is 9.84 Å². The molecule has 0 saturated heterocycles. The topological polar surface area (TPSA) is 59.4 Å². The van der Waals surface area contributed by atoms with Crippen molar-refractivity contribution in [2.75, 3.05) is 12.9 Å². The van der Waals surface area contributed by atoms with Crippen LogP contribution in [-0.4, -0.2) is 28.9 Å². The molecular weight excluding hydrogens is 214 g/mol. The summed E-state index contributed by atoms with van der Waals surface area (Å²) in [4.78, 5) is 15.0. The Balaban J connectivity index is 2.46. The number of carbonyl (C=O) groups excluding carboxylic acids is 1. The van der Waals surface area contributed by atoms with E-state index >= 15 is 0 Å². The van der Waals surface area contributed by atoms with Crippen molar-refractivity contribution in [2.45, 2.75) is 18.1 Å². The molecule has 0 amide bonds. The largest absolute Gasteiger partial charge is 0.469 e. The summed E-state index contributed by atoms with van der Waals surface area (Å²) < 4.78 is 4.52. The maximum Gasteiger partial charge on any atom is 0.306 e. The number of aromatic nitrogens is 1. The third kappa shape index (κ3) is 3.89. The Morgan fingerprint density at radius 3 is 3.13 bits per heavy atom. The number of nitrogens with zero attached hydrogens (tertiary/aromatic N) is 1. The highest BCUT2D eigenvalue weighted by molar-refractivity contribution is 7.99. The first-order valence-corrected chi connectivity index (χ1v) is 5.51. The second-order valence-electron chi connectivity index (χ2n) is 2.80. The van der Waals surface area contributed by atoms with Gasteiger partial charge in [0, 0.05) is 17.5 Å². The maximum absolute atomic E-state index is 10.9. The van der Waals surface area contributed by atoms with Gasteiger partial charge in [0.15, 0.2) is 0 Å². The fourth-order valence-electron chi connectivity index (χ4n) is 1.01. The zero-order valence-corrected chi connectivity index (χ0v) is 9.29. The van der Waals surface area contributed by atoms with Gasteiger partial charge in [0.2, 0.25) is 0 Å². The van der Waals surface area contributed by atoms with Gasteiger partial charge in [-0.15, -0.1) is 11.8 Å². The molecule has 0 aliphatic rings. The smallest absolute Gasteiger partial charge is 0.306 e. The van der Waals surface area contributed by atoms with Crippen molar-refractivity contribution in [1.82, 2.24) is 4.98 Å². The quantitative estimate of drug-likeness (QED) is 0.605. The molecule has 5 heteroatoms. The second-order valence-corrected chi connectivity index (χ2v) is 3.88. The van der Waals surface area contributed by atoms with Crippen molar-refractivity contribution in [2.24, 2.45) is 0 Å². The lowest BCUT2D eigenvalue weighted by Crippen LogP contribution is -2.01. The van der Waals surface area contributed by atoms with Crippen molar-refractivity contribution in [3.63, 3.8) is 0 Å². The molecular formula is C10H13NO3S. The van der Waals surface area contributed by atoms with Crippen LogP contribution in [0.3, 0.4) is 0 Å². The van der Waals surface area contributed by atoms with E-state index in [0.717, 1.165) is 10.6 Å². The number of pyridine rings is 1. The van der Waals surface area contributed by atoms with Gasteiger partial charge in [-0.25, -0.2) is 4.98 Å². The third-order valence-corrected chi connectivity index (χ3v) is 2.84. The van der Waals surface area contributed by atoms with Crippen molar-refractivity contribution < 1.29 is 14.6 Å². The Bertz CT molecular complexity index is 330. The Morgan fingerprint density at radius 1 is 1.67 bits per heavy atom. The van der Waals surface area contributed by atoms with E-state index in [1.807, 2.05) is 6.07 Å². The molecule has 1 rings (SSSR count). The molecule has 82 valence electrons. The van der Waals surface area contributed by atoms with Crippen LogP contribution in [-0.2, 0) is 16.1 Å². The number of thioether (sulfide) groups is 1. The van der Waals surface area contributed by atoms with Gasteiger partial charge in [0.1, 0.15) is 5.03 Å². The highest BCUT2D eigenvalue weighted by Gasteiger charge is 2.05.